The van der Waals surface area contributed by atoms with Crippen LogP contribution >= 0.6 is 0 Å². The van der Waals surface area contributed by atoms with Crippen LogP contribution in [0.4, 0.5) is 0 Å². The topological polar surface area (TPSA) is 50.8 Å². The maximum Gasteiger partial charge on any atom is 0.246 e. The second-order valence-electron chi connectivity index (χ2n) is 5.99. The third kappa shape index (κ3) is 4.71. The molecule has 5 nitrogen and oxygen atoms in total. The van der Waals surface area contributed by atoms with Crippen LogP contribution < -0.4 is 10.1 Å². The zero-order valence-corrected chi connectivity index (χ0v) is 12.9. The highest BCUT2D eigenvalue weighted by Crippen LogP contribution is 2.29. The summed E-state index contributed by atoms with van der Waals surface area (Å²) in [6.45, 7) is 3.09. The van der Waals surface area contributed by atoms with E-state index in [-0.39, 0.29) is 18.6 Å². The Hall–Kier alpha value is -1.59. The quantitative estimate of drug-likeness (QED) is 0.738. The first-order valence-corrected chi connectivity index (χ1v) is 8.10. The minimum Gasteiger partial charge on any atom is -0.491 e. The fraction of sp³-hybridized carbons (Fsp3) is 0.588. The largest absolute Gasteiger partial charge is 0.491 e. The van der Waals surface area contributed by atoms with Crippen molar-refractivity contribution in [3.05, 3.63) is 30.3 Å². The van der Waals surface area contributed by atoms with E-state index in [0.717, 1.165) is 31.3 Å². The molecule has 1 heterocycles. The molecule has 1 N–H and O–H groups in total. The van der Waals surface area contributed by atoms with Gasteiger partial charge >= 0.3 is 0 Å². The highest BCUT2D eigenvalue weighted by molar-refractivity contribution is 5.77. The van der Waals surface area contributed by atoms with E-state index in [0.29, 0.717) is 13.2 Å². The van der Waals surface area contributed by atoms with Crippen LogP contribution in [0.15, 0.2) is 30.3 Å². The van der Waals surface area contributed by atoms with Gasteiger partial charge in [-0.3, -0.25) is 9.69 Å². The third-order valence-corrected chi connectivity index (χ3v) is 4.12. The SMILES string of the molecule is O=C(COCCOc1ccccc1)NC1CCN(C2CC2)C1. The van der Waals surface area contributed by atoms with Crippen molar-refractivity contribution >= 4 is 5.91 Å². The van der Waals surface area contributed by atoms with E-state index in [2.05, 4.69) is 10.2 Å². The van der Waals surface area contributed by atoms with Crippen molar-refractivity contribution in [3.8, 4) is 5.75 Å². The van der Waals surface area contributed by atoms with Gasteiger partial charge in [0.2, 0.25) is 5.91 Å². The molecule has 1 aliphatic carbocycles. The molecule has 3 rings (SSSR count). The van der Waals surface area contributed by atoms with Gasteiger partial charge in [0.05, 0.1) is 6.61 Å². The summed E-state index contributed by atoms with van der Waals surface area (Å²) in [5.74, 6) is 0.795. The van der Waals surface area contributed by atoms with Crippen LogP contribution in [-0.2, 0) is 9.53 Å². The van der Waals surface area contributed by atoms with Crippen molar-refractivity contribution in [3.63, 3.8) is 0 Å². The molecule has 1 unspecified atom stereocenters. The number of hydrogen-bond acceptors (Lipinski definition) is 4. The normalized spacial score (nSPS) is 21.7. The molecular weight excluding hydrogens is 280 g/mol. The van der Waals surface area contributed by atoms with E-state index in [4.69, 9.17) is 9.47 Å². The first kappa shape index (κ1) is 15.3. The fourth-order valence-electron chi connectivity index (χ4n) is 2.85. The third-order valence-electron chi connectivity index (χ3n) is 4.12. The highest BCUT2D eigenvalue weighted by Gasteiger charge is 2.34. The van der Waals surface area contributed by atoms with Crippen LogP contribution in [0.5, 0.6) is 5.75 Å². The number of carbonyl (C=O) groups excluding carboxylic acids is 1. The van der Waals surface area contributed by atoms with Crippen LogP contribution in [0, 0.1) is 0 Å². The van der Waals surface area contributed by atoms with E-state index in [1.54, 1.807) is 0 Å². The maximum absolute atomic E-state index is 11.8. The highest BCUT2D eigenvalue weighted by atomic mass is 16.5. The standard InChI is InChI=1S/C17H24N2O3/c20-17(18-14-8-9-19(12-14)15-6-7-15)13-21-10-11-22-16-4-2-1-3-5-16/h1-5,14-15H,6-13H2,(H,18,20). The van der Waals surface area contributed by atoms with E-state index >= 15 is 0 Å². The molecule has 1 atom stereocenters. The number of rotatable bonds is 8. The number of amides is 1. The van der Waals surface area contributed by atoms with Gasteiger partial charge < -0.3 is 14.8 Å². The van der Waals surface area contributed by atoms with Crippen molar-refractivity contribution in [1.82, 2.24) is 10.2 Å². The summed E-state index contributed by atoms with van der Waals surface area (Å²) in [6, 6.07) is 10.7. The Bertz CT molecular complexity index is 476. The van der Waals surface area contributed by atoms with Gasteiger partial charge in [-0.05, 0) is 31.4 Å². The van der Waals surface area contributed by atoms with Crippen molar-refractivity contribution < 1.29 is 14.3 Å². The Labute approximate surface area is 131 Å². The van der Waals surface area contributed by atoms with Crippen molar-refractivity contribution in [2.45, 2.75) is 31.3 Å². The molecule has 1 amide bonds. The van der Waals surface area contributed by atoms with Crippen LogP contribution in [0.3, 0.4) is 0 Å². The zero-order valence-electron chi connectivity index (χ0n) is 12.9. The number of para-hydroxylation sites is 1. The molecule has 1 aromatic carbocycles. The Morgan fingerprint density at radius 2 is 2.00 bits per heavy atom. The molecule has 0 radical (unpaired) electrons. The van der Waals surface area contributed by atoms with E-state index in [1.165, 1.54) is 12.8 Å². The first-order valence-electron chi connectivity index (χ1n) is 8.10. The van der Waals surface area contributed by atoms with Gasteiger partial charge in [0.15, 0.2) is 0 Å². The predicted molar refractivity (Wildman–Crippen MR) is 83.9 cm³/mol. The lowest BCUT2D eigenvalue weighted by Crippen LogP contribution is -2.39. The maximum atomic E-state index is 11.8. The van der Waals surface area contributed by atoms with Crippen molar-refractivity contribution in [1.29, 1.82) is 0 Å². The van der Waals surface area contributed by atoms with Gasteiger partial charge in [0, 0.05) is 25.2 Å². The minimum atomic E-state index is -0.0256. The summed E-state index contributed by atoms with van der Waals surface area (Å²) >= 11 is 0. The van der Waals surface area contributed by atoms with Gasteiger partial charge in [-0.15, -0.1) is 0 Å². The summed E-state index contributed by atoms with van der Waals surface area (Å²) in [6.07, 6.45) is 3.70. The molecule has 1 aromatic rings. The van der Waals surface area contributed by atoms with Gasteiger partial charge in [0.25, 0.3) is 0 Å². The Morgan fingerprint density at radius 3 is 2.77 bits per heavy atom. The summed E-state index contributed by atoms with van der Waals surface area (Å²) in [4.78, 5) is 14.3. The molecule has 1 aliphatic heterocycles. The average Bonchev–Trinajstić information content (AvgIpc) is 3.28. The van der Waals surface area contributed by atoms with Crippen molar-refractivity contribution in [2.75, 3.05) is 32.9 Å². The number of nitrogens with one attached hydrogen (secondary N) is 1. The Balaban J connectivity index is 1.24. The first-order chi connectivity index (χ1) is 10.8. The van der Waals surface area contributed by atoms with Crippen molar-refractivity contribution in [2.24, 2.45) is 0 Å². The lowest BCUT2D eigenvalue weighted by atomic mass is 10.2. The average molecular weight is 304 g/mol. The second-order valence-corrected chi connectivity index (χ2v) is 5.99. The smallest absolute Gasteiger partial charge is 0.246 e. The number of carbonyl (C=O) groups is 1. The Morgan fingerprint density at radius 1 is 1.18 bits per heavy atom. The monoisotopic (exact) mass is 304 g/mol. The molecule has 2 aliphatic rings. The number of nitrogens with zero attached hydrogens (tertiary/aromatic N) is 1. The summed E-state index contributed by atoms with van der Waals surface area (Å²) in [7, 11) is 0. The van der Waals surface area contributed by atoms with Gasteiger partial charge in [-0.1, -0.05) is 18.2 Å². The molecule has 2 fully saturated rings. The fourth-order valence-corrected chi connectivity index (χ4v) is 2.85. The summed E-state index contributed by atoms with van der Waals surface area (Å²) in [5, 5.41) is 3.05. The zero-order chi connectivity index (χ0) is 15.2. The van der Waals surface area contributed by atoms with Crippen LogP contribution in [0.1, 0.15) is 19.3 Å². The Kier molecular flexibility index (Phi) is 5.29. The molecule has 120 valence electrons. The molecule has 1 saturated heterocycles. The minimum absolute atomic E-state index is 0.0256. The molecular formula is C17H24N2O3. The van der Waals surface area contributed by atoms with E-state index in [1.807, 2.05) is 30.3 Å². The van der Waals surface area contributed by atoms with Gasteiger partial charge in [0.1, 0.15) is 19.0 Å². The lowest BCUT2D eigenvalue weighted by Gasteiger charge is -2.15. The number of ether oxygens (including phenoxy) is 2. The number of likely N-dealkylation sites (tertiary alicyclic amines) is 1. The van der Waals surface area contributed by atoms with Crippen LogP contribution in [0.25, 0.3) is 0 Å². The molecule has 22 heavy (non-hydrogen) atoms. The molecule has 1 saturated carbocycles. The second kappa shape index (κ2) is 7.61. The number of hydrogen-bond donors (Lipinski definition) is 1. The number of benzene rings is 1. The van der Waals surface area contributed by atoms with Crippen LogP contribution in [0.2, 0.25) is 0 Å². The van der Waals surface area contributed by atoms with Crippen LogP contribution in [-0.4, -0.2) is 55.8 Å². The molecule has 0 aromatic heterocycles. The molecule has 0 spiro atoms. The summed E-state index contributed by atoms with van der Waals surface area (Å²) < 4.78 is 10.9. The molecule has 0 bridgehead atoms. The van der Waals surface area contributed by atoms with E-state index < -0.39 is 0 Å². The van der Waals surface area contributed by atoms with Gasteiger partial charge in [-0.2, -0.15) is 0 Å². The summed E-state index contributed by atoms with van der Waals surface area (Å²) in [5.41, 5.74) is 0. The lowest BCUT2D eigenvalue weighted by molar-refractivity contribution is -0.126. The van der Waals surface area contributed by atoms with E-state index in [9.17, 15) is 4.79 Å². The predicted octanol–water partition coefficient (Wildman–Crippen LogP) is 1.43. The van der Waals surface area contributed by atoms with Gasteiger partial charge in [-0.25, -0.2) is 0 Å². The molecule has 5 heteroatoms.